The molecular formula is C11H20N4O2. The van der Waals surface area contributed by atoms with Crippen LogP contribution in [0.15, 0.2) is 0 Å². The Kier molecular flexibility index (Phi) is 4.25. The Morgan fingerprint density at radius 1 is 1.29 bits per heavy atom. The maximum Gasteiger partial charge on any atom is 0.135 e. The van der Waals surface area contributed by atoms with Gasteiger partial charge in [0.25, 0.3) is 0 Å². The fourth-order valence-electron chi connectivity index (χ4n) is 1.28. The molecule has 0 radical (unpaired) electrons. The van der Waals surface area contributed by atoms with Crippen molar-refractivity contribution in [3.05, 3.63) is 11.4 Å². The van der Waals surface area contributed by atoms with Crippen LogP contribution < -0.4 is 11.1 Å². The quantitative estimate of drug-likeness (QED) is 0.581. The third-order valence-electron chi connectivity index (χ3n) is 2.66. The van der Waals surface area contributed by atoms with Gasteiger partial charge in [-0.05, 0) is 13.8 Å². The van der Waals surface area contributed by atoms with E-state index in [-0.39, 0.29) is 13.2 Å². The second kappa shape index (κ2) is 5.29. The monoisotopic (exact) mass is 240 g/mol. The van der Waals surface area contributed by atoms with Gasteiger partial charge >= 0.3 is 0 Å². The van der Waals surface area contributed by atoms with Crippen LogP contribution in [0.2, 0.25) is 0 Å². The molecule has 0 aliphatic heterocycles. The molecule has 6 heteroatoms. The van der Waals surface area contributed by atoms with Crippen LogP contribution in [0.25, 0.3) is 0 Å². The van der Waals surface area contributed by atoms with Gasteiger partial charge in [-0.15, -0.1) is 0 Å². The van der Waals surface area contributed by atoms with E-state index in [0.29, 0.717) is 23.9 Å². The molecule has 0 aromatic carbocycles. The summed E-state index contributed by atoms with van der Waals surface area (Å²) in [5.74, 6) is 1.60. The first-order valence-corrected chi connectivity index (χ1v) is 5.58. The molecule has 0 fully saturated rings. The number of nitrogen functional groups attached to an aromatic ring is 1. The van der Waals surface area contributed by atoms with Crippen LogP contribution in [0, 0.1) is 6.92 Å². The predicted octanol–water partition coefficient (Wildman–Crippen LogP) is 0.0848. The van der Waals surface area contributed by atoms with Crippen LogP contribution in [0.1, 0.15) is 25.2 Å². The van der Waals surface area contributed by atoms with E-state index < -0.39 is 5.54 Å². The van der Waals surface area contributed by atoms with Gasteiger partial charge in [0, 0.05) is 12.0 Å². The topological polar surface area (TPSA) is 104 Å². The zero-order valence-electron chi connectivity index (χ0n) is 10.5. The zero-order valence-corrected chi connectivity index (χ0v) is 10.5. The SMILES string of the molecule is CCc1nc(N)c(C)c(NC(C)(CO)CO)n1. The van der Waals surface area contributed by atoms with Crippen LogP contribution in [0.3, 0.4) is 0 Å². The molecular weight excluding hydrogens is 220 g/mol. The summed E-state index contributed by atoms with van der Waals surface area (Å²) < 4.78 is 0. The first kappa shape index (κ1) is 13.7. The summed E-state index contributed by atoms with van der Waals surface area (Å²) in [6, 6.07) is 0. The van der Waals surface area contributed by atoms with Crippen molar-refractivity contribution in [2.45, 2.75) is 32.7 Å². The first-order valence-electron chi connectivity index (χ1n) is 5.58. The number of rotatable bonds is 5. The van der Waals surface area contributed by atoms with E-state index in [0.717, 1.165) is 5.56 Å². The number of nitrogens with one attached hydrogen (secondary N) is 1. The Morgan fingerprint density at radius 3 is 2.35 bits per heavy atom. The molecule has 6 nitrogen and oxygen atoms in total. The van der Waals surface area contributed by atoms with E-state index in [9.17, 15) is 10.2 Å². The average Bonchev–Trinajstić information content (AvgIpc) is 2.34. The minimum Gasteiger partial charge on any atom is -0.394 e. The van der Waals surface area contributed by atoms with E-state index in [1.807, 2.05) is 6.92 Å². The molecule has 1 aromatic heterocycles. The Labute approximate surface area is 101 Å². The van der Waals surface area contributed by atoms with Gasteiger partial charge in [-0.3, -0.25) is 0 Å². The highest BCUT2D eigenvalue weighted by Crippen LogP contribution is 2.21. The number of aliphatic hydroxyl groups excluding tert-OH is 2. The summed E-state index contributed by atoms with van der Waals surface area (Å²) >= 11 is 0. The second-order valence-electron chi connectivity index (χ2n) is 4.35. The summed E-state index contributed by atoms with van der Waals surface area (Å²) in [5, 5.41) is 21.5. The van der Waals surface area contributed by atoms with E-state index in [1.165, 1.54) is 0 Å². The van der Waals surface area contributed by atoms with Crippen molar-refractivity contribution in [3.63, 3.8) is 0 Å². The highest BCUT2D eigenvalue weighted by atomic mass is 16.3. The van der Waals surface area contributed by atoms with E-state index in [2.05, 4.69) is 15.3 Å². The largest absolute Gasteiger partial charge is 0.394 e. The molecule has 0 bridgehead atoms. The Hall–Kier alpha value is -1.40. The molecule has 17 heavy (non-hydrogen) atoms. The van der Waals surface area contributed by atoms with Crippen molar-refractivity contribution in [1.82, 2.24) is 9.97 Å². The van der Waals surface area contributed by atoms with Gasteiger partial charge < -0.3 is 21.3 Å². The molecule has 0 aliphatic carbocycles. The van der Waals surface area contributed by atoms with Gasteiger partial charge in [0.15, 0.2) is 0 Å². The lowest BCUT2D eigenvalue weighted by Crippen LogP contribution is -2.43. The Morgan fingerprint density at radius 2 is 1.88 bits per heavy atom. The fraction of sp³-hybridized carbons (Fsp3) is 0.636. The smallest absolute Gasteiger partial charge is 0.135 e. The minimum absolute atomic E-state index is 0.200. The normalized spacial score (nSPS) is 11.6. The second-order valence-corrected chi connectivity index (χ2v) is 4.35. The van der Waals surface area contributed by atoms with Crippen molar-refractivity contribution in [3.8, 4) is 0 Å². The molecule has 1 heterocycles. The fourth-order valence-corrected chi connectivity index (χ4v) is 1.28. The molecule has 0 spiro atoms. The lowest BCUT2D eigenvalue weighted by molar-refractivity contribution is 0.147. The minimum atomic E-state index is -0.823. The van der Waals surface area contributed by atoms with Gasteiger partial charge in [0.2, 0.25) is 0 Å². The van der Waals surface area contributed by atoms with Gasteiger partial charge in [-0.1, -0.05) is 6.92 Å². The molecule has 0 aliphatic rings. The Bertz CT molecular complexity index is 391. The molecule has 0 amide bonds. The summed E-state index contributed by atoms with van der Waals surface area (Å²) in [6.45, 7) is 5.04. The molecule has 5 N–H and O–H groups in total. The van der Waals surface area contributed by atoms with Crippen molar-refractivity contribution in [2.75, 3.05) is 24.3 Å². The third kappa shape index (κ3) is 3.04. The number of hydrogen-bond acceptors (Lipinski definition) is 6. The predicted molar refractivity (Wildman–Crippen MR) is 66.8 cm³/mol. The number of nitrogens with zero attached hydrogens (tertiary/aromatic N) is 2. The number of nitrogens with two attached hydrogens (primary N) is 1. The molecule has 0 unspecified atom stereocenters. The van der Waals surface area contributed by atoms with Crippen LogP contribution in [0.4, 0.5) is 11.6 Å². The van der Waals surface area contributed by atoms with E-state index in [4.69, 9.17) is 5.73 Å². The third-order valence-corrected chi connectivity index (χ3v) is 2.66. The Balaban J connectivity index is 3.09. The van der Waals surface area contributed by atoms with Crippen LogP contribution in [-0.2, 0) is 6.42 Å². The van der Waals surface area contributed by atoms with E-state index >= 15 is 0 Å². The van der Waals surface area contributed by atoms with Crippen molar-refractivity contribution < 1.29 is 10.2 Å². The summed E-state index contributed by atoms with van der Waals surface area (Å²) in [6.07, 6.45) is 0.675. The maximum atomic E-state index is 9.24. The molecule has 1 rings (SSSR count). The van der Waals surface area contributed by atoms with Crippen molar-refractivity contribution >= 4 is 11.6 Å². The van der Waals surface area contributed by atoms with E-state index in [1.54, 1.807) is 13.8 Å². The van der Waals surface area contributed by atoms with Gasteiger partial charge in [0.1, 0.15) is 17.5 Å². The van der Waals surface area contributed by atoms with Crippen molar-refractivity contribution in [1.29, 1.82) is 0 Å². The zero-order chi connectivity index (χ0) is 13.1. The van der Waals surface area contributed by atoms with Gasteiger partial charge in [-0.25, -0.2) is 9.97 Å². The molecule has 96 valence electrons. The standard InChI is InChI=1S/C11H20N4O2/c1-4-8-13-9(12)7(2)10(14-8)15-11(3,5-16)6-17/h16-17H,4-6H2,1-3H3,(H3,12,13,14,15). The molecule has 1 aromatic rings. The lowest BCUT2D eigenvalue weighted by Gasteiger charge is -2.28. The van der Waals surface area contributed by atoms with Crippen LogP contribution in [-0.4, -0.2) is 38.9 Å². The molecule has 0 atom stereocenters. The number of aromatic nitrogens is 2. The average molecular weight is 240 g/mol. The lowest BCUT2D eigenvalue weighted by atomic mass is 10.1. The summed E-state index contributed by atoms with van der Waals surface area (Å²) in [7, 11) is 0. The number of aliphatic hydroxyl groups is 2. The summed E-state index contributed by atoms with van der Waals surface area (Å²) in [4.78, 5) is 8.44. The maximum absolute atomic E-state index is 9.24. The van der Waals surface area contributed by atoms with Crippen LogP contribution >= 0.6 is 0 Å². The number of hydrogen-bond donors (Lipinski definition) is 4. The highest BCUT2D eigenvalue weighted by Gasteiger charge is 2.24. The first-order chi connectivity index (χ1) is 7.95. The van der Waals surface area contributed by atoms with Gasteiger partial charge in [-0.2, -0.15) is 0 Å². The molecule has 0 saturated heterocycles. The number of aryl methyl sites for hydroxylation is 1. The molecule has 0 saturated carbocycles. The summed E-state index contributed by atoms with van der Waals surface area (Å²) in [5.41, 5.74) is 5.68. The van der Waals surface area contributed by atoms with Crippen molar-refractivity contribution in [2.24, 2.45) is 0 Å². The number of anilines is 2. The highest BCUT2D eigenvalue weighted by molar-refractivity contribution is 5.56. The van der Waals surface area contributed by atoms with Crippen LogP contribution in [0.5, 0.6) is 0 Å². The van der Waals surface area contributed by atoms with Gasteiger partial charge in [0.05, 0.1) is 18.8 Å².